The molecular formula is C22H18BrN3O. The number of nitrogens with zero attached hydrogens (tertiary/aromatic N) is 3. The Morgan fingerprint density at radius 3 is 2.48 bits per heavy atom. The predicted molar refractivity (Wildman–Crippen MR) is 112 cm³/mol. The lowest BCUT2D eigenvalue weighted by Crippen LogP contribution is -1.98. The van der Waals surface area contributed by atoms with Crippen LogP contribution in [-0.4, -0.2) is 9.67 Å². The number of para-hydroxylation sites is 1. The van der Waals surface area contributed by atoms with Gasteiger partial charge >= 0.3 is 0 Å². The Kier molecular flexibility index (Phi) is 4.77. The molecule has 0 radical (unpaired) electrons. The number of hydrogen-bond acceptors (Lipinski definition) is 3. The molecule has 1 aromatic heterocycles. The summed E-state index contributed by atoms with van der Waals surface area (Å²) in [5, 5.41) is 20.4. The molecule has 0 unspecified atom stereocenters. The van der Waals surface area contributed by atoms with Crippen LogP contribution in [0.1, 0.15) is 11.1 Å². The van der Waals surface area contributed by atoms with E-state index >= 15 is 0 Å². The zero-order chi connectivity index (χ0) is 18.8. The van der Waals surface area contributed by atoms with E-state index in [0.29, 0.717) is 12.2 Å². The molecule has 134 valence electrons. The second-order valence-corrected chi connectivity index (χ2v) is 7.36. The third-order valence-corrected chi connectivity index (χ3v) is 4.97. The van der Waals surface area contributed by atoms with Crippen LogP contribution in [-0.2, 0) is 6.54 Å². The molecule has 0 bridgehead atoms. The molecule has 0 aliphatic carbocycles. The van der Waals surface area contributed by atoms with Crippen LogP contribution in [0.4, 0.5) is 11.4 Å². The first kappa shape index (κ1) is 17.5. The first-order valence-electron chi connectivity index (χ1n) is 8.65. The number of fused-ring (bicyclic) bond motifs is 1. The van der Waals surface area contributed by atoms with Crippen LogP contribution in [0.5, 0.6) is 5.88 Å². The molecule has 3 aromatic carbocycles. The molecule has 0 aliphatic rings. The van der Waals surface area contributed by atoms with Crippen molar-refractivity contribution >= 4 is 38.2 Å². The van der Waals surface area contributed by atoms with Crippen molar-refractivity contribution < 1.29 is 5.11 Å². The van der Waals surface area contributed by atoms with Crippen LogP contribution in [0.25, 0.3) is 10.9 Å². The third-order valence-electron chi connectivity index (χ3n) is 4.44. The van der Waals surface area contributed by atoms with Gasteiger partial charge in [0.05, 0.1) is 17.7 Å². The second-order valence-electron chi connectivity index (χ2n) is 6.44. The molecule has 0 atom stereocenters. The van der Waals surface area contributed by atoms with E-state index in [9.17, 15) is 5.11 Å². The first-order chi connectivity index (χ1) is 13.1. The van der Waals surface area contributed by atoms with Gasteiger partial charge in [-0.2, -0.15) is 5.11 Å². The van der Waals surface area contributed by atoms with Gasteiger partial charge in [-0.25, -0.2) is 0 Å². The summed E-state index contributed by atoms with van der Waals surface area (Å²) >= 11 is 3.45. The molecule has 1 N–H and O–H groups in total. The fraction of sp³-hybridized carbons (Fsp3) is 0.0909. The summed E-state index contributed by atoms with van der Waals surface area (Å²) in [4.78, 5) is 0. The van der Waals surface area contributed by atoms with Crippen molar-refractivity contribution in [1.29, 1.82) is 0 Å². The lowest BCUT2D eigenvalue weighted by Gasteiger charge is -2.07. The van der Waals surface area contributed by atoms with Crippen LogP contribution < -0.4 is 0 Å². The number of aromatic nitrogens is 1. The average molecular weight is 420 g/mol. The number of rotatable bonds is 4. The van der Waals surface area contributed by atoms with Gasteiger partial charge in [0.2, 0.25) is 5.88 Å². The van der Waals surface area contributed by atoms with Gasteiger partial charge in [0.25, 0.3) is 0 Å². The van der Waals surface area contributed by atoms with Crippen molar-refractivity contribution in [1.82, 2.24) is 4.57 Å². The molecule has 0 fully saturated rings. The molecule has 5 heteroatoms. The summed E-state index contributed by atoms with van der Waals surface area (Å²) < 4.78 is 2.89. The van der Waals surface area contributed by atoms with Crippen LogP contribution in [0, 0.1) is 6.92 Å². The van der Waals surface area contributed by atoms with Gasteiger partial charge in [-0.05, 0) is 48.4 Å². The maximum absolute atomic E-state index is 10.9. The highest BCUT2D eigenvalue weighted by Crippen LogP contribution is 2.39. The van der Waals surface area contributed by atoms with E-state index in [4.69, 9.17) is 0 Å². The standard InChI is InChI=1S/C22H18BrN3O/c1-15-5-4-6-18(13-15)24-25-21-19-7-2-3-8-20(19)26(22(21)27)14-16-9-11-17(23)12-10-16/h2-13,27H,14H2,1H3. The Hall–Kier alpha value is -2.92. The van der Waals surface area contributed by atoms with E-state index in [0.717, 1.165) is 32.2 Å². The highest BCUT2D eigenvalue weighted by atomic mass is 79.9. The normalized spacial score (nSPS) is 11.5. The number of aromatic hydroxyl groups is 1. The molecule has 4 nitrogen and oxygen atoms in total. The minimum Gasteiger partial charge on any atom is -0.493 e. The highest BCUT2D eigenvalue weighted by Gasteiger charge is 2.16. The quantitative estimate of drug-likeness (QED) is 0.360. The van der Waals surface area contributed by atoms with Crippen molar-refractivity contribution in [2.75, 3.05) is 0 Å². The van der Waals surface area contributed by atoms with Crippen molar-refractivity contribution in [3.63, 3.8) is 0 Å². The molecule has 0 spiro atoms. The Labute approximate surface area is 165 Å². The smallest absolute Gasteiger partial charge is 0.221 e. The molecule has 27 heavy (non-hydrogen) atoms. The topological polar surface area (TPSA) is 49.9 Å². The lowest BCUT2D eigenvalue weighted by atomic mass is 10.2. The van der Waals surface area contributed by atoms with E-state index < -0.39 is 0 Å². The fourth-order valence-electron chi connectivity index (χ4n) is 3.10. The van der Waals surface area contributed by atoms with Crippen LogP contribution in [0.3, 0.4) is 0 Å². The SMILES string of the molecule is Cc1cccc(N=Nc2c(O)n(Cc3ccc(Br)cc3)c3ccccc23)c1. The van der Waals surface area contributed by atoms with Crippen LogP contribution in [0.15, 0.2) is 87.5 Å². The van der Waals surface area contributed by atoms with E-state index in [1.54, 1.807) is 0 Å². The Bertz CT molecular complexity index is 1130. The summed E-state index contributed by atoms with van der Waals surface area (Å²) in [6, 6.07) is 23.7. The number of benzene rings is 3. The minimum atomic E-state index is 0.121. The van der Waals surface area contributed by atoms with Crippen LogP contribution in [0.2, 0.25) is 0 Å². The number of azo groups is 1. The van der Waals surface area contributed by atoms with E-state index in [1.165, 1.54) is 0 Å². The lowest BCUT2D eigenvalue weighted by molar-refractivity contribution is 0.429. The third kappa shape index (κ3) is 3.64. The molecule has 4 rings (SSSR count). The second kappa shape index (κ2) is 7.37. The Morgan fingerprint density at radius 1 is 0.926 bits per heavy atom. The summed E-state index contributed by atoms with van der Waals surface area (Å²) in [5.74, 6) is 0.121. The maximum Gasteiger partial charge on any atom is 0.221 e. The van der Waals surface area contributed by atoms with Crippen molar-refractivity contribution in [3.05, 3.63) is 88.4 Å². The minimum absolute atomic E-state index is 0.121. The van der Waals surface area contributed by atoms with E-state index in [-0.39, 0.29) is 5.88 Å². The van der Waals surface area contributed by atoms with Gasteiger partial charge in [0, 0.05) is 9.86 Å². The Balaban J connectivity index is 1.77. The Morgan fingerprint density at radius 2 is 1.70 bits per heavy atom. The van der Waals surface area contributed by atoms with Gasteiger partial charge in [-0.1, -0.05) is 58.4 Å². The molecule has 1 heterocycles. The number of halogens is 1. The predicted octanol–water partition coefficient (Wildman–Crippen LogP) is 6.88. The zero-order valence-electron chi connectivity index (χ0n) is 14.8. The van der Waals surface area contributed by atoms with E-state index in [1.807, 2.05) is 84.3 Å². The van der Waals surface area contributed by atoms with Crippen molar-refractivity contribution in [2.24, 2.45) is 10.2 Å². The molecular weight excluding hydrogens is 402 g/mol. The molecule has 0 saturated carbocycles. The summed E-state index contributed by atoms with van der Waals surface area (Å²) in [5.41, 5.74) is 4.39. The summed E-state index contributed by atoms with van der Waals surface area (Å²) in [7, 11) is 0. The molecule has 0 amide bonds. The van der Waals surface area contributed by atoms with E-state index in [2.05, 4.69) is 26.2 Å². The van der Waals surface area contributed by atoms with Crippen molar-refractivity contribution in [2.45, 2.75) is 13.5 Å². The molecule has 4 aromatic rings. The zero-order valence-corrected chi connectivity index (χ0v) is 16.4. The van der Waals surface area contributed by atoms with Gasteiger partial charge < -0.3 is 9.67 Å². The largest absolute Gasteiger partial charge is 0.493 e. The number of aryl methyl sites for hydroxylation is 1. The van der Waals surface area contributed by atoms with Gasteiger partial charge in [0.15, 0.2) is 5.69 Å². The average Bonchev–Trinajstić information content (AvgIpc) is 2.93. The highest BCUT2D eigenvalue weighted by molar-refractivity contribution is 9.10. The number of hydrogen-bond donors (Lipinski definition) is 1. The summed E-state index contributed by atoms with van der Waals surface area (Å²) in [6.07, 6.45) is 0. The van der Waals surface area contributed by atoms with Gasteiger partial charge in [-0.3, -0.25) is 0 Å². The molecule has 0 aliphatic heterocycles. The molecule has 0 saturated heterocycles. The first-order valence-corrected chi connectivity index (χ1v) is 9.44. The maximum atomic E-state index is 10.9. The van der Waals surface area contributed by atoms with Gasteiger partial charge in [-0.15, -0.1) is 5.11 Å². The van der Waals surface area contributed by atoms with Gasteiger partial charge in [0.1, 0.15) is 0 Å². The summed E-state index contributed by atoms with van der Waals surface area (Å²) in [6.45, 7) is 2.57. The fourth-order valence-corrected chi connectivity index (χ4v) is 3.36. The monoisotopic (exact) mass is 419 g/mol. The van der Waals surface area contributed by atoms with Crippen molar-refractivity contribution in [3.8, 4) is 5.88 Å². The van der Waals surface area contributed by atoms with Crippen LogP contribution >= 0.6 is 15.9 Å².